The number of ether oxygens (including phenoxy) is 1. The number of hydrogen-bond donors (Lipinski definition) is 0. The van der Waals surface area contributed by atoms with Gasteiger partial charge in [-0.3, -0.25) is 14.7 Å². The van der Waals surface area contributed by atoms with Gasteiger partial charge >= 0.3 is 0 Å². The minimum atomic E-state index is -0.0242. The summed E-state index contributed by atoms with van der Waals surface area (Å²) in [5.41, 5.74) is 0.551. The molecule has 1 atom stereocenters. The number of imidazole rings is 1. The number of fused-ring (bicyclic) bond motifs is 1. The Morgan fingerprint density at radius 3 is 3.04 bits per heavy atom. The molecule has 4 rings (SSSR count). The topological polar surface area (TPSA) is 63.5 Å². The van der Waals surface area contributed by atoms with Crippen LogP contribution >= 0.6 is 0 Å². The van der Waals surface area contributed by atoms with Gasteiger partial charge < -0.3 is 14.2 Å². The molecule has 2 aromatic rings. The van der Waals surface area contributed by atoms with Gasteiger partial charge in [0.05, 0.1) is 31.0 Å². The fourth-order valence-corrected chi connectivity index (χ4v) is 3.81. The number of rotatable bonds is 2. The molecule has 7 heteroatoms. The Kier molecular flexibility index (Phi) is 3.53. The molecule has 2 aromatic heterocycles. The highest BCUT2D eigenvalue weighted by molar-refractivity contribution is 5.97. The van der Waals surface area contributed by atoms with E-state index in [4.69, 9.17) is 4.74 Å². The Morgan fingerprint density at radius 1 is 1.33 bits per heavy atom. The predicted octanol–water partition coefficient (Wildman–Crippen LogP) is 1.02. The molecule has 0 N–H and O–H groups in total. The first-order chi connectivity index (χ1) is 11.6. The monoisotopic (exact) mass is 327 g/mol. The first-order valence-corrected chi connectivity index (χ1v) is 8.11. The molecule has 126 valence electrons. The second kappa shape index (κ2) is 5.59. The van der Waals surface area contributed by atoms with Crippen molar-refractivity contribution in [1.29, 1.82) is 0 Å². The van der Waals surface area contributed by atoms with Crippen LogP contribution in [-0.4, -0.2) is 63.0 Å². The number of pyridine rings is 1. The van der Waals surface area contributed by atoms with Crippen LogP contribution in [0.5, 0.6) is 5.75 Å². The highest BCUT2D eigenvalue weighted by Gasteiger charge is 2.46. The number of likely N-dealkylation sites (N-methyl/N-ethyl adjacent to an activating group) is 1. The van der Waals surface area contributed by atoms with Crippen molar-refractivity contribution in [3.63, 3.8) is 0 Å². The van der Waals surface area contributed by atoms with E-state index >= 15 is 0 Å². The lowest BCUT2D eigenvalue weighted by atomic mass is 9.94. The lowest BCUT2D eigenvalue weighted by Crippen LogP contribution is -2.54. The summed E-state index contributed by atoms with van der Waals surface area (Å²) in [4.78, 5) is 25.6. The number of methoxy groups -OCH3 is 1. The van der Waals surface area contributed by atoms with E-state index in [9.17, 15) is 4.79 Å². The zero-order chi connectivity index (χ0) is 16.7. The van der Waals surface area contributed by atoms with Gasteiger partial charge in [0.1, 0.15) is 11.6 Å². The SMILES string of the molecule is COc1cnccc1C(=O)N1CCC2(C1)Cn1ccnc1CN2C. The van der Waals surface area contributed by atoms with Gasteiger partial charge in [-0.25, -0.2) is 4.98 Å². The summed E-state index contributed by atoms with van der Waals surface area (Å²) in [7, 11) is 3.69. The maximum absolute atomic E-state index is 12.9. The van der Waals surface area contributed by atoms with Gasteiger partial charge in [0.15, 0.2) is 0 Å². The van der Waals surface area contributed by atoms with Crippen molar-refractivity contribution in [2.75, 3.05) is 27.2 Å². The maximum atomic E-state index is 12.9. The summed E-state index contributed by atoms with van der Waals surface area (Å²) < 4.78 is 7.50. The molecule has 0 aromatic carbocycles. The van der Waals surface area contributed by atoms with Gasteiger partial charge in [-0.1, -0.05) is 0 Å². The minimum absolute atomic E-state index is 0.0101. The summed E-state index contributed by atoms with van der Waals surface area (Å²) in [6, 6.07) is 1.73. The average Bonchev–Trinajstić information content (AvgIpc) is 3.23. The third-order valence-corrected chi connectivity index (χ3v) is 5.31. The molecule has 24 heavy (non-hydrogen) atoms. The molecule has 1 spiro atoms. The number of amides is 1. The standard InChI is InChI=1S/C17H21N5O2/c1-20-10-15-19-6-8-21(15)11-17(20)4-7-22(12-17)16(23)13-3-5-18-9-14(13)24-2/h3,5-6,8-9H,4,7,10-12H2,1-2H3. The van der Waals surface area contributed by atoms with Crippen molar-refractivity contribution in [3.05, 3.63) is 42.2 Å². The average molecular weight is 327 g/mol. The normalized spacial score (nSPS) is 23.5. The second-order valence-electron chi connectivity index (χ2n) is 6.60. The van der Waals surface area contributed by atoms with E-state index in [2.05, 4.69) is 26.5 Å². The Balaban J connectivity index is 1.57. The summed E-state index contributed by atoms with van der Waals surface area (Å²) >= 11 is 0. The Morgan fingerprint density at radius 2 is 2.21 bits per heavy atom. The summed E-state index contributed by atoms with van der Waals surface area (Å²) in [6.45, 7) is 3.15. The molecule has 0 radical (unpaired) electrons. The Labute approximate surface area is 140 Å². The molecule has 2 aliphatic heterocycles. The van der Waals surface area contributed by atoms with Crippen molar-refractivity contribution in [2.45, 2.75) is 25.0 Å². The summed E-state index contributed by atoms with van der Waals surface area (Å²) in [5, 5.41) is 0. The van der Waals surface area contributed by atoms with Crippen molar-refractivity contribution in [1.82, 2.24) is 24.3 Å². The minimum Gasteiger partial charge on any atom is -0.494 e. The zero-order valence-electron chi connectivity index (χ0n) is 14.0. The molecule has 7 nitrogen and oxygen atoms in total. The third-order valence-electron chi connectivity index (χ3n) is 5.31. The van der Waals surface area contributed by atoms with Crippen LogP contribution in [0, 0.1) is 0 Å². The zero-order valence-corrected chi connectivity index (χ0v) is 14.0. The molecular formula is C17H21N5O2. The van der Waals surface area contributed by atoms with E-state index in [1.54, 1.807) is 25.6 Å². The van der Waals surface area contributed by atoms with E-state index < -0.39 is 0 Å². The van der Waals surface area contributed by atoms with Gasteiger partial charge in [-0.05, 0) is 19.5 Å². The summed E-state index contributed by atoms with van der Waals surface area (Å²) in [6.07, 6.45) is 8.05. The number of nitrogens with zero attached hydrogens (tertiary/aromatic N) is 5. The van der Waals surface area contributed by atoms with E-state index in [0.29, 0.717) is 17.9 Å². The van der Waals surface area contributed by atoms with Crippen LogP contribution in [0.3, 0.4) is 0 Å². The van der Waals surface area contributed by atoms with Crippen LogP contribution in [0.1, 0.15) is 22.6 Å². The van der Waals surface area contributed by atoms with Gasteiger partial charge in [0.25, 0.3) is 5.91 Å². The van der Waals surface area contributed by atoms with E-state index in [1.165, 1.54) is 0 Å². The van der Waals surface area contributed by atoms with Crippen LogP contribution in [0.4, 0.5) is 0 Å². The fraction of sp³-hybridized carbons (Fsp3) is 0.471. The van der Waals surface area contributed by atoms with Crippen molar-refractivity contribution in [2.24, 2.45) is 0 Å². The van der Waals surface area contributed by atoms with Gasteiger partial charge in [0.2, 0.25) is 0 Å². The number of hydrogen-bond acceptors (Lipinski definition) is 5. The predicted molar refractivity (Wildman–Crippen MR) is 87.7 cm³/mol. The van der Waals surface area contributed by atoms with Gasteiger partial charge in [0, 0.05) is 38.2 Å². The number of likely N-dealkylation sites (tertiary alicyclic amines) is 1. The van der Waals surface area contributed by atoms with Crippen LogP contribution in [0.15, 0.2) is 30.9 Å². The van der Waals surface area contributed by atoms with Crippen molar-refractivity contribution < 1.29 is 9.53 Å². The second-order valence-corrected chi connectivity index (χ2v) is 6.60. The number of carbonyl (C=O) groups is 1. The van der Waals surface area contributed by atoms with Gasteiger partial charge in [-0.2, -0.15) is 0 Å². The molecule has 4 heterocycles. The quantitative estimate of drug-likeness (QED) is 0.824. The third kappa shape index (κ3) is 2.27. The van der Waals surface area contributed by atoms with Crippen LogP contribution < -0.4 is 4.74 Å². The molecule has 1 saturated heterocycles. The highest BCUT2D eigenvalue weighted by Crippen LogP contribution is 2.34. The number of carbonyl (C=O) groups excluding carboxylic acids is 1. The van der Waals surface area contributed by atoms with Crippen LogP contribution in [0.25, 0.3) is 0 Å². The van der Waals surface area contributed by atoms with Crippen LogP contribution in [-0.2, 0) is 13.1 Å². The maximum Gasteiger partial charge on any atom is 0.257 e. The van der Waals surface area contributed by atoms with Crippen LogP contribution in [0.2, 0.25) is 0 Å². The van der Waals surface area contributed by atoms with E-state index in [0.717, 1.165) is 31.9 Å². The van der Waals surface area contributed by atoms with E-state index in [-0.39, 0.29) is 11.4 Å². The van der Waals surface area contributed by atoms with Gasteiger partial charge in [-0.15, -0.1) is 0 Å². The highest BCUT2D eigenvalue weighted by atomic mass is 16.5. The summed E-state index contributed by atoms with van der Waals surface area (Å²) in [5.74, 6) is 1.62. The Hall–Kier alpha value is -2.41. The lowest BCUT2D eigenvalue weighted by Gasteiger charge is -2.42. The fourth-order valence-electron chi connectivity index (χ4n) is 3.81. The molecule has 1 fully saturated rings. The van der Waals surface area contributed by atoms with Crippen molar-refractivity contribution in [3.8, 4) is 5.75 Å². The molecule has 0 bridgehead atoms. The molecular weight excluding hydrogens is 306 g/mol. The first-order valence-electron chi connectivity index (χ1n) is 8.11. The Bertz CT molecular complexity index is 774. The molecule has 2 aliphatic rings. The molecule has 1 amide bonds. The molecule has 1 unspecified atom stereocenters. The van der Waals surface area contributed by atoms with Crippen molar-refractivity contribution >= 4 is 5.91 Å². The first kappa shape index (κ1) is 15.1. The largest absolute Gasteiger partial charge is 0.494 e. The smallest absolute Gasteiger partial charge is 0.257 e. The molecule has 0 saturated carbocycles. The molecule has 0 aliphatic carbocycles. The lowest BCUT2D eigenvalue weighted by molar-refractivity contribution is 0.0582. The number of aromatic nitrogens is 3. The van der Waals surface area contributed by atoms with E-state index in [1.807, 2.05) is 17.3 Å².